The fourth-order valence-electron chi connectivity index (χ4n) is 3.67. The van der Waals surface area contributed by atoms with Crippen LogP contribution in [0.4, 0.5) is 0 Å². The summed E-state index contributed by atoms with van der Waals surface area (Å²) in [5, 5.41) is 0. The lowest BCUT2D eigenvalue weighted by atomic mass is 9.94. The molecule has 0 aromatic carbocycles. The summed E-state index contributed by atoms with van der Waals surface area (Å²) in [4.78, 5) is 16.9. The molecule has 4 nitrogen and oxygen atoms in total. The van der Waals surface area contributed by atoms with E-state index in [1.165, 1.54) is 38.5 Å². The van der Waals surface area contributed by atoms with Crippen LogP contribution in [0, 0.1) is 0 Å². The number of rotatable bonds is 5. The summed E-state index contributed by atoms with van der Waals surface area (Å²) in [6, 6.07) is 0.916. The molecular formula is C15H30ClN3O. The normalized spacial score (nSPS) is 24.4. The maximum atomic E-state index is 12.5. The van der Waals surface area contributed by atoms with E-state index in [-0.39, 0.29) is 12.4 Å². The minimum Gasteiger partial charge on any atom is -0.339 e. The number of likely N-dealkylation sites (N-methyl/N-ethyl adjacent to an activating group) is 1. The summed E-state index contributed by atoms with van der Waals surface area (Å²) < 4.78 is 0. The third-order valence-corrected chi connectivity index (χ3v) is 4.79. The fraction of sp³-hybridized carbons (Fsp3) is 0.933. The van der Waals surface area contributed by atoms with E-state index in [0.717, 1.165) is 19.5 Å². The van der Waals surface area contributed by atoms with Crippen molar-refractivity contribution in [1.29, 1.82) is 0 Å². The summed E-state index contributed by atoms with van der Waals surface area (Å²) in [6.07, 6.45) is 8.63. The van der Waals surface area contributed by atoms with Gasteiger partial charge in [0.1, 0.15) is 0 Å². The molecule has 2 N–H and O–H groups in total. The molecule has 1 unspecified atom stereocenters. The molecule has 1 aliphatic carbocycles. The van der Waals surface area contributed by atoms with Crippen LogP contribution in [-0.2, 0) is 4.79 Å². The first-order valence-electron chi connectivity index (χ1n) is 7.99. The monoisotopic (exact) mass is 303 g/mol. The van der Waals surface area contributed by atoms with E-state index in [4.69, 9.17) is 5.73 Å². The molecule has 2 aliphatic rings. The molecule has 2 rings (SSSR count). The minimum absolute atomic E-state index is 0. The van der Waals surface area contributed by atoms with Gasteiger partial charge < -0.3 is 10.6 Å². The maximum absolute atomic E-state index is 12.5. The number of likely N-dealkylation sites (tertiary alicyclic amines) is 1. The summed E-state index contributed by atoms with van der Waals surface area (Å²) in [5.41, 5.74) is 5.78. The molecule has 0 aromatic heterocycles. The highest BCUT2D eigenvalue weighted by Crippen LogP contribution is 2.23. The zero-order valence-corrected chi connectivity index (χ0v) is 13.5. The van der Waals surface area contributed by atoms with Gasteiger partial charge in [0.15, 0.2) is 0 Å². The van der Waals surface area contributed by atoms with Crippen LogP contribution in [-0.4, -0.2) is 54.0 Å². The van der Waals surface area contributed by atoms with Gasteiger partial charge in [0.25, 0.3) is 0 Å². The van der Waals surface area contributed by atoms with E-state index < -0.39 is 0 Å². The highest BCUT2D eigenvalue weighted by molar-refractivity contribution is 5.85. The van der Waals surface area contributed by atoms with Crippen LogP contribution in [0.2, 0.25) is 0 Å². The number of halogens is 1. The Bertz CT molecular complexity index is 295. The Hall–Kier alpha value is -0.320. The van der Waals surface area contributed by atoms with Gasteiger partial charge >= 0.3 is 0 Å². The Balaban J connectivity index is 0.00000200. The predicted molar refractivity (Wildman–Crippen MR) is 85.2 cm³/mol. The smallest absolute Gasteiger partial charge is 0.236 e. The number of hydrogen-bond donors (Lipinski definition) is 1. The number of carbonyl (C=O) groups is 1. The first kappa shape index (κ1) is 17.7. The molecule has 1 saturated heterocycles. The molecule has 0 aromatic rings. The molecule has 0 radical (unpaired) electrons. The molecular weight excluding hydrogens is 274 g/mol. The fourth-order valence-corrected chi connectivity index (χ4v) is 3.67. The van der Waals surface area contributed by atoms with E-state index in [2.05, 4.69) is 16.7 Å². The quantitative estimate of drug-likeness (QED) is 0.845. The number of hydrogen-bond acceptors (Lipinski definition) is 3. The second-order valence-electron chi connectivity index (χ2n) is 5.97. The van der Waals surface area contributed by atoms with E-state index in [1.54, 1.807) is 0 Å². The number of amides is 1. The van der Waals surface area contributed by atoms with Crippen LogP contribution >= 0.6 is 12.4 Å². The van der Waals surface area contributed by atoms with Crippen molar-refractivity contribution in [2.75, 3.05) is 26.2 Å². The van der Waals surface area contributed by atoms with Crippen LogP contribution in [0.1, 0.15) is 51.9 Å². The van der Waals surface area contributed by atoms with Crippen molar-refractivity contribution >= 4 is 18.3 Å². The molecule has 20 heavy (non-hydrogen) atoms. The zero-order valence-electron chi connectivity index (χ0n) is 12.7. The summed E-state index contributed by atoms with van der Waals surface area (Å²) in [7, 11) is 0. The standard InChI is InChI=1S/C15H29N3O.ClH/c1-2-18(13-7-4-3-5-8-13)15(19)12-17-10-6-9-14(17)11-16;/h13-14H,2-12,16H2,1H3;1H. The number of carbonyl (C=O) groups excluding carboxylic acids is 1. The SMILES string of the molecule is CCN(C(=O)CN1CCCC1CN)C1CCCCC1.Cl. The summed E-state index contributed by atoms with van der Waals surface area (Å²) in [5.74, 6) is 0.315. The minimum atomic E-state index is 0. The van der Waals surface area contributed by atoms with Gasteiger partial charge in [-0.1, -0.05) is 19.3 Å². The number of nitrogens with zero attached hydrogens (tertiary/aromatic N) is 2. The highest BCUT2D eigenvalue weighted by Gasteiger charge is 2.29. The van der Waals surface area contributed by atoms with Crippen molar-refractivity contribution in [2.24, 2.45) is 5.73 Å². The first-order valence-corrected chi connectivity index (χ1v) is 7.99. The van der Waals surface area contributed by atoms with Crippen LogP contribution in [0.3, 0.4) is 0 Å². The van der Waals surface area contributed by atoms with Gasteiger partial charge in [0.05, 0.1) is 6.54 Å². The van der Waals surface area contributed by atoms with Gasteiger partial charge in [0, 0.05) is 25.2 Å². The van der Waals surface area contributed by atoms with Gasteiger partial charge in [-0.15, -0.1) is 12.4 Å². The van der Waals surface area contributed by atoms with Crippen molar-refractivity contribution in [3.05, 3.63) is 0 Å². The third kappa shape index (κ3) is 4.34. The van der Waals surface area contributed by atoms with E-state index in [1.807, 2.05) is 0 Å². The molecule has 2 fully saturated rings. The van der Waals surface area contributed by atoms with Crippen molar-refractivity contribution in [2.45, 2.75) is 64.0 Å². The zero-order chi connectivity index (χ0) is 13.7. The van der Waals surface area contributed by atoms with Crippen molar-refractivity contribution in [1.82, 2.24) is 9.80 Å². The van der Waals surface area contributed by atoms with Crippen molar-refractivity contribution < 1.29 is 4.79 Å². The third-order valence-electron chi connectivity index (χ3n) is 4.79. The van der Waals surface area contributed by atoms with Gasteiger partial charge in [-0.3, -0.25) is 9.69 Å². The topological polar surface area (TPSA) is 49.6 Å². The van der Waals surface area contributed by atoms with Gasteiger partial charge in [-0.25, -0.2) is 0 Å². The molecule has 0 bridgehead atoms. The lowest BCUT2D eigenvalue weighted by molar-refractivity contribution is -0.135. The Morgan fingerprint density at radius 3 is 2.50 bits per heavy atom. The maximum Gasteiger partial charge on any atom is 0.236 e. The van der Waals surface area contributed by atoms with Crippen LogP contribution in [0.15, 0.2) is 0 Å². The predicted octanol–water partition coefficient (Wildman–Crippen LogP) is 2.01. The van der Waals surface area contributed by atoms with E-state index in [0.29, 0.717) is 31.1 Å². The van der Waals surface area contributed by atoms with Crippen LogP contribution in [0.5, 0.6) is 0 Å². The lowest BCUT2D eigenvalue weighted by Crippen LogP contribution is -2.48. The van der Waals surface area contributed by atoms with Crippen molar-refractivity contribution in [3.8, 4) is 0 Å². The molecule has 1 aliphatic heterocycles. The van der Waals surface area contributed by atoms with Crippen molar-refractivity contribution in [3.63, 3.8) is 0 Å². The average Bonchev–Trinajstić information content (AvgIpc) is 2.88. The second-order valence-corrected chi connectivity index (χ2v) is 5.97. The van der Waals surface area contributed by atoms with Gasteiger partial charge in [-0.2, -0.15) is 0 Å². The molecule has 1 atom stereocenters. The Morgan fingerprint density at radius 2 is 1.90 bits per heavy atom. The van der Waals surface area contributed by atoms with E-state index in [9.17, 15) is 4.79 Å². The number of nitrogens with two attached hydrogens (primary N) is 1. The molecule has 5 heteroatoms. The molecule has 1 amide bonds. The Morgan fingerprint density at radius 1 is 1.20 bits per heavy atom. The van der Waals surface area contributed by atoms with Crippen LogP contribution < -0.4 is 5.73 Å². The summed E-state index contributed by atoms with van der Waals surface area (Å²) in [6.45, 7) is 5.26. The highest BCUT2D eigenvalue weighted by atomic mass is 35.5. The second kappa shape index (κ2) is 8.85. The largest absolute Gasteiger partial charge is 0.339 e. The summed E-state index contributed by atoms with van der Waals surface area (Å²) >= 11 is 0. The molecule has 1 heterocycles. The van der Waals surface area contributed by atoms with Gasteiger partial charge in [-0.05, 0) is 39.2 Å². The molecule has 1 saturated carbocycles. The van der Waals surface area contributed by atoms with Gasteiger partial charge in [0.2, 0.25) is 5.91 Å². The average molecular weight is 304 g/mol. The first-order chi connectivity index (χ1) is 9.26. The molecule has 118 valence electrons. The Kier molecular flexibility index (Phi) is 7.85. The van der Waals surface area contributed by atoms with E-state index >= 15 is 0 Å². The Labute approximate surface area is 129 Å². The van der Waals surface area contributed by atoms with Crippen LogP contribution in [0.25, 0.3) is 0 Å². The lowest BCUT2D eigenvalue weighted by Gasteiger charge is -2.35. The molecule has 0 spiro atoms.